The molecule has 1 rings (SSSR count). The Morgan fingerprint density at radius 3 is 2.21 bits per heavy atom. The van der Waals surface area contributed by atoms with Crippen LogP contribution in [-0.4, -0.2) is 0 Å². The smallest absolute Gasteiger partial charge is 0.130 e. The summed E-state index contributed by atoms with van der Waals surface area (Å²) in [5, 5.41) is 0. The molecule has 1 unspecified atom stereocenters. The monoisotopic (exact) mass is 262 g/mol. The van der Waals surface area contributed by atoms with Crippen molar-refractivity contribution in [3.63, 3.8) is 0 Å². The average Bonchev–Trinajstić information content (AvgIpc) is 2.10. The van der Waals surface area contributed by atoms with Gasteiger partial charge in [0.2, 0.25) is 0 Å². The van der Waals surface area contributed by atoms with Gasteiger partial charge in [-0.25, -0.2) is 8.78 Å². The molecule has 3 heteroatoms. The third kappa shape index (κ3) is 2.32. The first-order valence-corrected chi connectivity index (χ1v) is 5.44. The molecular weight excluding hydrogens is 250 g/mol. The minimum absolute atomic E-state index is 0.0678. The predicted molar refractivity (Wildman–Crippen MR) is 57.6 cm³/mol. The second kappa shape index (κ2) is 4.39. The maximum atomic E-state index is 13.4. The van der Waals surface area contributed by atoms with Crippen LogP contribution in [0.3, 0.4) is 0 Å². The molecule has 78 valence electrons. The molecule has 1 atom stereocenters. The van der Waals surface area contributed by atoms with Crippen molar-refractivity contribution in [3.05, 3.63) is 34.9 Å². The van der Waals surface area contributed by atoms with Crippen LogP contribution in [0.4, 0.5) is 8.78 Å². The van der Waals surface area contributed by atoms with Gasteiger partial charge in [0.1, 0.15) is 11.6 Å². The molecular formula is C11H13BrF2. The van der Waals surface area contributed by atoms with Crippen molar-refractivity contribution < 1.29 is 8.78 Å². The topological polar surface area (TPSA) is 0 Å². The van der Waals surface area contributed by atoms with Gasteiger partial charge in [-0.3, -0.25) is 0 Å². The fraction of sp³-hybridized carbons (Fsp3) is 0.455. The standard InChI is InChI=1S/C11H13BrF2/c1-6(2)11(12)8-4-7(3)9(13)5-10(8)14/h4-6,11H,1-3H3. The maximum Gasteiger partial charge on any atom is 0.130 e. The van der Waals surface area contributed by atoms with Gasteiger partial charge in [0.15, 0.2) is 0 Å². The molecule has 0 nitrogen and oxygen atoms in total. The van der Waals surface area contributed by atoms with Crippen molar-refractivity contribution in [2.75, 3.05) is 0 Å². The van der Waals surface area contributed by atoms with Gasteiger partial charge in [-0.1, -0.05) is 29.8 Å². The summed E-state index contributed by atoms with van der Waals surface area (Å²) in [6, 6.07) is 2.51. The Morgan fingerprint density at radius 1 is 1.14 bits per heavy atom. The number of alkyl halides is 1. The van der Waals surface area contributed by atoms with Crippen LogP contribution < -0.4 is 0 Å². The number of hydrogen-bond donors (Lipinski definition) is 0. The van der Waals surface area contributed by atoms with Crippen LogP contribution in [0.25, 0.3) is 0 Å². The van der Waals surface area contributed by atoms with Crippen molar-refractivity contribution in [2.45, 2.75) is 25.6 Å². The highest BCUT2D eigenvalue weighted by Gasteiger charge is 2.17. The lowest BCUT2D eigenvalue weighted by atomic mass is 10.0. The van der Waals surface area contributed by atoms with Gasteiger partial charge in [-0.2, -0.15) is 0 Å². The summed E-state index contributed by atoms with van der Waals surface area (Å²) >= 11 is 3.40. The molecule has 14 heavy (non-hydrogen) atoms. The van der Waals surface area contributed by atoms with Crippen molar-refractivity contribution in [2.24, 2.45) is 5.92 Å². The second-order valence-corrected chi connectivity index (χ2v) is 4.76. The fourth-order valence-corrected chi connectivity index (χ4v) is 1.60. The molecule has 0 amide bonds. The van der Waals surface area contributed by atoms with E-state index in [0.717, 1.165) is 6.07 Å². The molecule has 0 spiro atoms. The number of rotatable bonds is 2. The van der Waals surface area contributed by atoms with E-state index in [1.54, 1.807) is 13.0 Å². The molecule has 0 aliphatic heterocycles. The Hall–Kier alpha value is -0.440. The molecule has 0 N–H and O–H groups in total. The lowest BCUT2D eigenvalue weighted by Gasteiger charge is -2.15. The summed E-state index contributed by atoms with van der Waals surface area (Å²) in [6.45, 7) is 5.60. The summed E-state index contributed by atoms with van der Waals surface area (Å²) in [6.07, 6.45) is 0. The van der Waals surface area contributed by atoms with Gasteiger partial charge < -0.3 is 0 Å². The van der Waals surface area contributed by atoms with Gasteiger partial charge >= 0.3 is 0 Å². The Labute approximate surface area is 91.5 Å². The van der Waals surface area contributed by atoms with Crippen LogP contribution in [0.15, 0.2) is 12.1 Å². The van der Waals surface area contributed by atoms with E-state index in [2.05, 4.69) is 15.9 Å². The molecule has 0 aromatic heterocycles. The third-order valence-corrected chi connectivity index (χ3v) is 3.71. The van der Waals surface area contributed by atoms with Crippen LogP contribution in [0, 0.1) is 24.5 Å². The fourth-order valence-electron chi connectivity index (χ4n) is 1.25. The molecule has 0 heterocycles. The lowest BCUT2D eigenvalue weighted by molar-refractivity contribution is 0.546. The molecule has 0 radical (unpaired) electrons. The Bertz CT molecular complexity index is 334. The number of halogens is 3. The van der Waals surface area contributed by atoms with E-state index in [-0.39, 0.29) is 10.7 Å². The zero-order chi connectivity index (χ0) is 10.9. The van der Waals surface area contributed by atoms with E-state index < -0.39 is 11.6 Å². The predicted octanol–water partition coefficient (Wildman–Crippen LogP) is 4.37. The van der Waals surface area contributed by atoms with Crippen molar-refractivity contribution >= 4 is 15.9 Å². The zero-order valence-electron chi connectivity index (χ0n) is 8.44. The highest BCUT2D eigenvalue weighted by Crippen LogP contribution is 2.33. The van der Waals surface area contributed by atoms with Gasteiger partial charge in [0.05, 0.1) is 0 Å². The van der Waals surface area contributed by atoms with Crippen LogP contribution in [-0.2, 0) is 0 Å². The molecule has 0 fully saturated rings. The van der Waals surface area contributed by atoms with Crippen LogP contribution >= 0.6 is 15.9 Å². The van der Waals surface area contributed by atoms with Crippen LogP contribution in [0.5, 0.6) is 0 Å². The summed E-state index contributed by atoms with van der Waals surface area (Å²) in [5.41, 5.74) is 1.01. The highest BCUT2D eigenvalue weighted by atomic mass is 79.9. The maximum absolute atomic E-state index is 13.4. The van der Waals surface area contributed by atoms with E-state index in [1.807, 2.05) is 13.8 Å². The minimum atomic E-state index is -0.491. The lowest BCUT2D eigenvalue weighted by Crippen LogP contribution is -2.03. The number of hydrogen-bond acceptors (Lipinski definition) is 0. The number of aryl methyl sites for hydroxylation is 1. The minimum Gasteiger partial charge on any atom is -0.207 e. The van der Waals surface area contributed by atoms with Gasteiger partial charge in [-0.05, 0) is 24.5 Å². The van der Waals surface area contributed by atoms with E-state index >= 15 is 0 Å². The van der Waals surface area contributed by atoms with Gasteiger partial charge in [0, 0.05) is 16.5 Å². The SMILES string of the molecule is Cc1cc(C(Br)C(C)C)c(F)cc1F. The van der Waals surface area contributed by atoms with Crippen LogP contribution in [0.1, 0.15) is 29.8 Å². The first-order chi connectivity index (χ1) is 6.43. The van der Waals surface area contributed by atoms with E-state index in [0.29, 0.717) is 11.1 Å². The third-order valence-electron chi connectivity index (χ3n) is 2.16. The van der Waals surface area contributed by atoms with Gasteiger partial charge in [-0.15, -0.1) is 0 Å². The van der Waals surface area contributed by atoms with Crippen molar-refractivity contribution in [1.29, 1.82) is 0 Å². The summed E-state index contributed by atoms with van der Waals surface area (Å²) in [7, 11) is 0. The largest absolute Gasteiger partial charge is 0.207 e. The quantitative estimate of drug-likeness (QED) is 0.695. The summed E-state index contributed by atoms with van der Waals surface area (Å²) in [5.74, 6) is -0.701. The van der Waals surface area contributed by atoms with E-state index in [4.69, 9.17) is 0 Å². The van der Waals surface area contributed by atoms with E-state index in [1.165, 1.54) is 0 Å². The Balaban J connectivity index is 3.15. The average molecular weight is 263 g/mol. The van der Waals surface area contributed by atoms with E-state index in [9.17, 15) is 8.78 Å². The molecule has 0 saturated heterocycles. The Kier molecular flexibility index (Phi) is 3.65. The summed E-state index contributed by atoms with van der Waals surface area (Å²) < 4.78 is 26.3. The van der Waals surface area contributed by atoms with Crippen molar-refractivity contribution in [1.82, 2.24) is 0 Å². The number of benzene rings is 1. The molecule has 1 aromatic carbocycles. The highest BCUT2D eigenvalue weighted by molar-refractivity contribution is 9.09. The molecule has 0 saturated carbocycles. The molecule has 1 aromatic rings. The second-order valence-electron chi connectivity index (χ2n) is 3.77. The first-order valence-electron chi connectivity index (χ1n) is 4.53. The molecule has 0 aliphatic carbocycles. The normalized spacial score (nSPS) is 13.4. The van der Waals surface area contributed by atoms with Crippen LogP contribution in [0.2, 0.25) is 0 Å². The first kappa shape index (κ1) is 11.6. The summed E-state index contributed by atoms with van der Waals surface area (Å²) in [4.78, 5) is -0.0678. The molecule has 0 aliphatic rings. The Morgan fingerprint density at radius 2 is 1.71 bits per heavy atom. The van der Waals surface area contributed by atoms with Gasteiger partial charge in [0.25, 0.3) is 0 Å². The zero-order valence-corrected chi connectivity index (χ0v) is 10.0. The molecule has 0 bridgehead atoms. The van der Waals surface area contributed by atoms with Crippen molar-refractivity contribution in [3.8, 4) is 0 Å².